The SMILES string of the molecule is CCn1nc(C)c([N+](=O)[O-])c1CC(=O)CC(C)C. The molecule has 0 saturated carbocycles. The van der Waals surface area contributed by atoms with Crippen LogP contribution in [-0.2, 0) is 17.8 Å². The van der Waals surface area contributed by atoms with Gasteiger partial charge in [-0.3, -0.25) is 19.6 Å². The first kappa shape index (κ1) is 14.3. The average molecular weight is 253 g/mol. The summed E-state index contributed by atoms with van der Waals surface area (Å²) in [6, 6.07) is 0. The standard InChI is InChI=1S/C12H19N3O3/c1-5-14-11(7-10(16)6-8(2)3)12(15(17)18)9(4)13-14/h8H,5-7H2,1-4H3. The molecule has 0 radical (unpaired) electrons. The van der Waals surface area contributed by atoms with Crippen molar-refractivity contribution in [3.63, 3.8) is 0 Å². The number of aryl methyl sites for hydroxylation is 2. The molecule has 0 unspecified atom stereocenters. The van der Waals surface area contributed by atoms with E-state index >= 15 is 0 Å². The van der Waals surface area contributed by atoms with Crippen molar-refractivity contribution in [2.45, 2.75) is 47.1 Å². The van der Waals surface area contributed by atoms with Crippen molar-refractivity contribution in [3.8, 4) is 0 Å². The maximum atomic E-state index is 11.8. The molecule has 1 heterocycles. The number of ketones is 1. The number of rotatable bonds is 6. The van der Waals surface area contributed by atoms with Crippen LogP contribution in [-0.4, -0.2) is 20.5 Å². The van der Waals surface area contributed by atoms with Crippen LogP contribution in [0.1, 0.15) is 38.6 Å². The van der Waals surface area contributed by atoms with Crippen molar-refractivity contribution in [3.05, 3.63) is 21.5 Å². The van der Waals surface area contributed by atoms with Crippen molar-refractivity contribution in [1.29, 1.82) is 0 Å². The minimum absolute atomic E-state index is 0.0164. The number of Topliss-reactive ketones (excluding diaryl/α,β-unsaturated/α-hetero) is 1. The van der Waals surface area contributed by atoms with E-state index in [4.69, 9.17) is 0 Å². The molecule has 1 aromatic rings. The zero-order valence-electron chi connectivity index (χ0n) is 11.3. The number of carbonyl (C=O) groups excluding carboxylic acids is 1. The molecule has 100 valence electrons. The lowest BCUT2D eigenvalue weighted by Crippen LogP contribution is -2.12. The van der Waals surface area contributed by atoms with Gasteiger partial charge in [0.2, 0.25) is 0 Å². The molecule has 0 aromatic carbocycles. The van der Waals surface area contributed by atoms with E-state index in [1.807, 2.05) is 20.8 Å². The quantitative estimate of drug-likeness (QED) is 0.575. The summed E-state index contributed by atoms with van der Waals surface area (Å²) < 4.78 is 1.55. The van der Waals surface area contributed by atoms with Gasteiger partial charge in [-0.1, -0.05) is 13.8 Å². The molecule has 18 heavy (non-hydrogen) atoms. The Morgan fingerprint density at radius 3 is 2.56 bits per heavy atom. The summed E-state index contributed by atoms with van der Waals surface area (Å²) in [5, 5.41) is 15.1. The van der Waals surface area contributed by atoms with Crippen molar-refractivity contribution in [2.75, 3.05) is 0 Å². The van der Waals surface area contributed by atoms with Crippen LogP contribution < -0.4 is 0 Å². The van der Waals surface area contributed by atoms with Crippen molar-refractivity contribution in [2.24, 2.45) is 5.92 Å². The van der Waals surface area contributed by atoms with Crippen molar-refractivity contribution in [1.82, 2.24) is 9.78 Å². The van der Waals surface area contributed by atoms with Gasteiger partial charge in [0.1, 0.15) is 17.2 Å². The van der Waals surface area contributed by atoms with Crippen molar-refractivity contribution < 1.29 is 9.72 Å². The summed E-state index contributed by atoms with van der Waals surface area (Å²) in [6.07, 6.45) is 0.522. The molecule has 0 fully saturated rings. The minimum atomic E-state index is -0.452. The van der Waals surface area contributed by atoms with E-state index in [0.29, 0.717) is 24.4 Å². The van der Waals surface area contributed by atoms with Gasteiger partial charge in [0.25, 0.3) is 0 Å². The van der Waals surface area contributed by atoms with Gasteiger partial charge >= 0.3 is 5.69 Å². The summed E-state index contributed by atoms with van der Waals surface area (Å²) in [5.41, 5.74) is 0.772. The first-order valence-electron chi connectivity index (χ1n) is 6.09. The smallest absolute Gasteiger partial charge is 0.299 e. The van der Waals surface area contributed by atoms with E-state index in [1.54, 1.807) is 11.6 Å². The Kier molecular flexibility index (Phi) is 4.58. The topological polar surface area (TPSA) is 78.0 Å². The molecule has 0 aliphatic rings. The molecule has 6 nitrogen and oxygen atoms in total. The molecule has 0 amide bonds. The first-order chi connectivity index (χ1) is 8.36. The fourth-order valence-electron chi connectivity index (χ4n) is 2.01. The molecule has 6 heteroatoms. The van der Waals surface area contributed by atoms with Crippen LogP contribution in [0.2, 0.25) is 0 Å². The lowest BCUT2D eigenvalue weighted by atomic mass is 10.0. The average Bonchev–Trinajstić information content (AvgIpc) is 2.53. The number of nitrogens with zero attached hydrogens (tertiary/aromatic N) is 3. The highest BCUT2D eigenvalue weighted by atomic mass is 16.6. The molecule has 0 saturated heterocycles. The number of aromatic nitrogens is 2. The van der Waals surface area contributed by atoms with E-state index in [2.05, 4.69) is 5.10 Å². The third-order valence-corrected chi connectivity index (χ3v) is 2.68. The van der Waals surface area contributed by atoms with Gasteiger partial charge in [0.15, 0.2) is 0 Å². The third kappa shape index (κ3) is 3.15. The van der Waals surface area contributed by atoms with Gasteiger partial charge in [-0.15, -0.1) is 0 Å². The molecular weight excluding hydrogens is 234 g/mol. The second-order valence-corrected chi connectivity index (χ2v) is 4.77. The highest BCUT2D eigenvalue weighted by molar-refractivity contribution is 5.81. The predicted molar refractivity (Wildman–Crippen MR) is 67.5 cm³/mol. The summed E-state index contributed by atoms with van der Waals surface area (Å²) in [6.45, 7) is 7.88. The molecule has 0 aliphatic heterocycles. The van der Waals surface area contributed by atoms with Crippen LogP contribution in [0.5, 0.6) is 0 Å². The Morgan fingerprint density at radius 2 is 2.11 bits per heavy atom. The predicted octanol–water partition coefficient (Wildman–Crippen LogP) is 2.28. The maximum absolute atomic E-state index is 11.8. The van der Waals surface area contributed by atoms with Crippen LogP contribution >= 0.6 is 0 Å². The van der Waals surface area contributed by atoms with Crippen LogP contribution in [0, 0.1) is 23.0 Å². The maximum Gasteiger partial charge on any atom is 0.313 e. The summed E-state index contributed by atoms with van der Waals surface area (Å²) >= 11 is 0. The first-order valence-corrected chi connectivity index (χ1v) is 6.09. The van der Waals surface area contributed by atoms with Gasteiger partial charge < -0.3 is 0 Å². The van der Waals surface area contributed by atoms with E-state index < -0.39 is 4.92 Å². The number of nitro groups is 1. The fourth-order valence-corrected chi connectivity index (χ4v) is 2.01. The van der Waals surface area contributed by atoms with Gasteiger partial charge in [0.05, 0.1) is 11.3 Å². The Bertz CT molecular complexity index is 463. The van der Waals surface area contributed by atoms with E-state index in [1.165, 1.54) is 0 Å². The third-order valence-electron chi connectivity index (χ3n) is 2.68. The molecule has 0 N–H and O–H groups in total. The van der Waals surface area contributed by atoms with E-state index in [9.17, 15) is 14.9 Å². The van der Waals surface area contributed by atoms with Crippen molar-refractivity contribution >= 4 is 11.5 Å². The zero-order valence-corrected chi connectivity index (χ0v) is 11.3. The van der Waals surface area contributed by atoms with Gasteiger partial charge in [-0.2, -0.15) is 5.10 Å². The Morgan fingerprint density at radius 1 is 1.50 bits per heavy atom. The second-order valence-electron chi connectivity index (χ2n) is 4.77. The van der Waals surface area contributed by atoms with Crippen LogP contribution in [0.3, 0.4) is 0 Å². The zero-order chi connectivity index (χ0) is 13.9. The number of hydrogen-bond donors (Lipinski definition) is 0. The van der Waals surface area contributed by atoms with E-state index in [0.717, 1.165) is 0 Å². The normalized spacial score (nSPS) is 10.9. The monoisotopic (exact) mass is 253 g/mol. The summed E-state index contributed by atoms with van der Waals surface area (Å²) in [7, 11) is 0. The largest absolute Gasteiger partial charge is 0.313 e. The van der Waals surface area contributed by atoms with E-state index in [-0.39, 0.29) is 23.8 Å². The molecule has 0 bridgehead atoms. The Balaban J connectivity index is 3.06. The van der Waals surface area contributed by atoms with Gasteiger partial charge in [-0.25, -0.2) is 0 Å². The van der Waals surface area contributed by atoms with Gasteiger partial charge in [-0.05, 0) is 19.8 Å². The van der Waals surface area contributed by atoms with Gasteiger partial charge in [0, 0.05) is 13.0 Å². The molecule has 1 aromatic heterocycles. The molecule has 1 rings (SSSR count). The molecular formula is C12H19N3O3. The van der Waals surface area contributed by atoms with Crippen LogP contribution in [0.15, 0.2) is 0 Å². The summed E-state index contributed by atoms with van der Waals surface area (Å²) in [4.78, 5) is 22.4. The fraction of sp³-hybridized carbons (Fsp3) is 0.667. The lowest BCUT2D eigenvalue weighted by molar-refractivity contribution is -0.386. The highest BCUT2D eigenvalue weighted by Gasteiger charge is 2.26. The molecule has 0 atom stereocenters. The molecule has 0 aliphatic carbocycles. The van der Waals surface area contributed by atoms with Crippen LogP contribution in [0.25, 0.3) is 0 Å². The number of hydrogen-bond acceptors (Lipinski definition) is 4. The Hall–Kier alpha value is -1.72. The summed E-state index contributed by atoms with van der Waals surface area (Å²) in [5.74, 6) is 0.276. The minimum Gasteiger partial charge on any atom is -0.299 e. The Labute approximate surface area is 106 Å². The molecule has 0 spiro atoms. The van der Waals surface area contributed by atoms with Crippen LogP contribution in [0.4, 0.5) is 5.69 Å². The lowest BCUT2D eigenvalue weighted by Gasteiger charge is -2.05. The highest BCUT2D eigenvalue weighted by Crippen LogP contribution is 2.24. The number of carbonyl (C=O) groups is 1. The second kappa shape index (κ2) is 5.75.